The first-order valence-electron chi connectivity index (χ1n) is 7.05. The predicted octanol–water partition coefficient (Wildman–Crippen LogP) is 3.61. The third kappa shape index (κ3) is 0.939. The van der Waals surface area contributed by atoms with E-state index in [2.05, 4.69) is 27.7 Å². The molecule has 4 saturated carbocycles. The Balaban J connectivity index is 2.13. The third-order valence-corrected chi connectivity index (χ3v) is 7.05. The van der Waals surface area contributed by atoms with Crippen LogP contribution < -0.4 is 0 Å². The van der Waals surface area contributed by atoms with Crippen molar-refractivity contribution in [2.24, 2.45) is 28.6 Å². The van der Waals surface area contributed by atoms with Gasteiger partial charge in [-0.3, -0.25) is 0 Å². The van der Waals surface area contributed by atoms with E-state index in [1.165, 1.54) is 25.7 Å². The smallest absolute Gasteiger partial charge is 0.0757 e. The molecule has 4 rings (SSSR count). The van der Waals surface area contributed by atoms with Crippen LogP contribution in [0.15, 0.2) is 0 Å². The van der Waals surface area contributed by atoms with E-state index >= 15 is 0 Å². The molecule has 1 N–H and O–H groups in total. The standard InChI is InChI=1S/C15H26O/c1-10-5-8-15(16)13(2,3)11-6-7-14(15,4)12(10)9-11/h10-12,16H,5-9H2,1-4H3/t10-,11?,12+,14+,15-/m0/s1. The van der Waals surface area contributed by atoms with Gasteiger partial charge in [0.2, 0.25) is 0 Å². The SMILES string of the molecule is C[C@H]1CC[C@]2(O)C(C)(C)C3CC[C@]2(C)[C@@H]1C3. The Labute approximate surface area is 99.6 Å². The fraction of sp³-hybridized carbons (Fsp3) is 1.00. The average Bonchev–Trinajstić information content (AvgIpc) is 2.22. The molecule has 4 aliphatic rings. The summed E-state index contributed by atoms with van der Waals surface area (Å²) in [5, 5.41) is 11.3. The van der Waals surface area contributed by atoms with Crippen LogP contribution in [-0.4, -0.2) is 10.7 Å². The lowest BCUT2D eigenvalue weighted by molar-refractivity contribution is -0.291. The van der Waals surface area contributed by atoms with Crippen molar-refractivity contribution in [3.63, 3.8) is 0 Å². The topological polar surface area (TPSA) is 20.2 Å². The van der Waals surface area contributed by atoms with Crippen LogP contribution in [0.4, 0.5) is 0 Å². The van der Waals surface area contributed by atoms with E-state index in [1.54, 1.807) is 0 Å². The van der Waals surface area contributed by atoms with Crippen molar-refractivity contribution in [3.8, 4) is 0 Å². The molecule has 0 amide bonds. The molecule has 1 heteroatoms. The Morgan fingerprint density at radius 2 is 1.75 bits per heavy atom. The molecule has 0 heterocycles. The van der Waals surface area contributed by atoms with Crippen molar-refractivity contribution in [1.82, 2.24) is 0 Å². The summed E-state index contributed by atoms with van der Waals surface area (Å²) in [5.41, 5.74) is -0.0576. The van der Waals surface area contributed by atoms with Crippen LogP contribution in [0.1, 0.15) is 59.8 Å². The zero-order chi connectivity index (χ0) is 11.8. The van der Waals surface area contributed by atoms with Crippen LogP contribution in [0.25, 0.3) is 0 Å². The van der Waals surface area contributed by atoms with Gasteiger partial charge < -0.3 is 5.11 Å². The molecule has 5 atom stereocenters. The summed E-state index contributed by atoms with van der Waals surface area (Å²) >= 11 is 0. The molecule has 0 aromatic heterocycles. The maximum atomic E-state index is 11.3. The largest absolute Gasteiger partial charge is 0.389 e. The molecule has 0 aliphatic heterocycles. The molecule has 0 spiro atoms. The van der Waals surface area contributed by atoms with Gasteiger partial charge in [-0.2, -0.15) is 0 Å². The van der Waals surface area contributed by atoms with Gasteiger partial charge in [0, 0.05) is 0 Å². The molecule has 0 aromatic rings. The highest BCUT2D eigenvalue weighted by Gasteiger charge is 2.69. The molecule has 1 nitrogen and oxygen atoms in total. The van der Waals surface area contributed by atoms with Gasteiger partial charge in [0.1, 0.15) is 0 Å². The van der Waals surface area contributed by atoms with Crippen LogP contribution in [0.3, 0.4) is 0 Å². The molecular formula is C15H26O. The fourth-order valence-electron chi connectivity index (χ4n) is 5.69. The quantitative estimate of drug-likeness (QED) is 0.664. The van der Waals surface area contributed by atoms with Gasteiger partial charge in [-0.05, 0) is 60.7 Å². The summed E-state index contributed by atoms with van der Waals surface area (Å²) in [6.07, 6.45) is 6.23. The van der Waals surface area contributed by atoms with E-state index in [-0.39, 0.29) is 10.8 Å². The summed E-state index contributed by atoms with van der Waals surface area (Å²) in [5.74, 6) is 2.36. The van der Waals surface area contributed by atoms with Crippen LogP contribution in [0.5, 0.6) is 0 Å². The molecular weight excluding hydrogens is 196 g/mol. The molecule has 0 saturated heterocycles. The van der Waals surface area contributed by atoms with Gasteiger partial charge in [-0.25, -0.2) is 0 Å². The van der Waals surface area contributed by atoms with Crippen LogP contribution >= 0.6 is 0 Å². The van der Waals surface area contributed by atoms with Gasteiger partial charge in [0.15, 0.2) is 0 Å². The highest BCUT2D eigenvalue weighted by atomic mass is 16.3. The van der Waals surface area contributed by atoms with Crippen molar-refractivity contribution in [3.05, 3.63) is 0 Å². The van der Waals surface area contributed by atoms with Gasteiger partial charge in [-0.1, -0.05) is 27.7 Å². The minimum absolute atomic E-state index is 0.136. The Morgan fingerprint density at radius 1 is 1.06 bits per heavy atom. The highest BCUT2D eigenvalue weighted by Crippen LogP contribution is 2.71. The maximum Gasteiger partial charge on any atom is 0.0757 e. The number of fused-ring (bicyclic) bond motifs is 1. The minimum Gasteiger partial charge on any atom is -0.389 e. The van der Waals surface area contributed by atoms with E-state index in [1.807, 2.05) is 0 Å². The minimum atomic E-state index is -0.391. The first-order chi connectivity index (χ1) is 7.33. The number of rotatable bonds is 0. The molecule has 0 aromatic carbocycles. The maximum absolute atomic E-state index is 11.3. The molecule has 4 bridgehead atoms. The number of hydrogen-bond donors (Lipinski definition) is 1. The van der Waals surface area contributed by atoms with Crippen LogP contribution in [-0.2, 0) is 0 Å². The molecule has 16 heavy (non-hydrogen) atoms. The van der Waals surface area contributed by atoms with E-state index < -0.39 is 5.60 Å². The van der Waals surface area contributed by atoms with E-state index in [4.69, 9.17) is 0 Å². The fourth-order valence-corrected chi connectivity index (χ4v) is 5.69. The van der Waals surface area contributed by atoms with Crippen LogP contribution in [0, 0.1) is 28.6 Å². The van der Waals surface area contributed by atoms with E-state index in [0.29, 0.717) is 0 Å². The third-order valence-electron chi connectivity index (χ3n) is 7.05. The van der Waals surface area contributed by atoms with Crippen molar-refractivity contribution < 1.29 is 5.11 Å². The lowest BCUT2D eigenvalue weighted by Crippen LogP contribution is -2.71. The zero-order valence-corrected chi connectivity index (χ0v) is 11.2. The predicted molar refractivity (Wildman–Crippen MR) is 66.1 cm³/mol. The second-order valence-corrected chi connectivity index (χ2v) is 7.59. The van der Waals surface area contributed by atoms with E-state index in [0.717, 1.165) is 24.2 Å². The lowest BCUT2D eigenvalue weighted by atomic mass is 9.35. The first-order valence-corrected chi connectivity index (χ1v) is 7.05. The summed E-state index contributed by atoms with van der Waals surface area (Å²) in [6.45, 7) is 9.43. The van der Waals surface area contributed by atoms with Crippen molar-refractivity contribution >= 4 is 0 Å². The summed E-state index contributed by atoms with van der Waals surface area (Å²) < 4.78 is 0. The van der Waals surface area contributed by atoms with Crippen molar-refractivity contribution in [2.75, 3.05) is 0 Å². The molecule has 92 valence electrons. The Kier molecular flexibility index (Phi) is 1.98. The van der Waals surface area contributed by atoms with Gasteiger partial charge in [0.05, 0.1) is 5.60 Å². The van der Waals surface area contributed by atoms with Gasteiger partial charge in [0.25, 0.3) is 0 Å². The second-order valence-electron chi connectivity index (χ2n) is 7.59. The van der Waals surface area contributed by atoms with E-state index in [9.17, 15) is 5.11 Å². The van der Waals surface area contributed by atoms with Crippen LogP contribution in [0.2, 0.25) is 0 Å². The highest BCUT2D eigenvalue weighted by molar-refractivity contribution is 5.19. The Bertz CT molecular complexity index is 321. The molecule has 4 aliphatic carbocycles. The van der Waals surface area contributed by atoms with Crippen molar-refractivity contribution in [2.45, 2.75) is 65.4 Å². The zero-order valence-electron chi connectivity index (χ0n) is 11.2. The molecule has 4 fully saturated rings. The average molecular weight is 222 g/mol. The Hall–Kier alpha value is -0.0400. The summed E-state index contributed by atoms with van der Waals surface area (Å²) in [6, 6.07) is 0. The normalized spacial score (nSPS) is 58.7. The number of aliphatic hydroxyl groups is 1. The Morgan fingerprint density at radius 3 is 2.44 bits per heavy atom. The summed E-state index contributed by atoms with van der Waals surface area (Å²) in [7, 11) is 0. The summed E-state index contributed by atoms with van der Waals surface area (Å²) in [4.78, 5) is 0. The lowest BCUT2D eigenvalue weighted by Gasteiger charge is -2.71. The molecule has 0 radical (unpaired) electrons. The van der Waals surface area contributed by atoms with Crippen molar-refractivity contribution in [1.29, 1.82) is 0 Å². The first kappa shape index (κ1) is 11.1. The van der Waals surface area contributed by atoms with Gasteiger partial charge in [-0.15, -0.1) is 0 Å². The van der Waals surface area contributed by atoms with Gasteiger partial charge >= 0.3 is 0 Å². The second kappa shape index (κ2) is 2.85. The monoisotopic (exact) mass is 222 g/mol. The molecule has 1 unspecified atom stereocenters. The number of hydrogen-bond acceptors (Lipinski definition) is 1.